The normalized spacial score (nSPS) is 17.5. The molecular weight excluding hydrogens is 338 g/mol. The molecular formula is C18H15N3O3S. The van der Waals surface area contributed by atoms with Crippen molar-refractivity contribution in [3.8, 4) is 0 Å². The SMILES string of the molecule is O=S(=O)(c1ccccc1)N1N=C(c2cccnc2)CC1c1ccco1. The van der Waals surface area contributed by atoms with Crippen LogP contribution in [0.25, 0.3) is 0 Å². The molecule has 0 fully saturated rings. The zero-order valence-corrected chi connectivity index (χ0v) is 14.0. The highest BCUT2D eigenvalue weighted by Crippen LogP contribution is 2.37. The van der Waals surface area contributed by atoms with Crippen molar-refractivity contribution in [2.45, 2.75) is 17.4 Å². The fourth-order valence-corrected chi connectivity index (χ4v) is 4.25. The van der Waals surface area contributed by atoms with E-state index < -0.39 is 16.1 Å². The Morgan fingerprint density at radius 3 is 2.56 bits per heavy atom. The lowest BCUT2D eigenvalue weighted by atomic mass is 10.0. The van der Waals surface area contributed by atoms with Gasteiger partial charge in [0.05, 0.1) is 16.9 Å². The monoisotopic (exact) mass is 353 g/mol. The topological polar surface area (TPSA) is 75.8 Å². The van der Waals surface area contributed by atoms with E-state index in [9.17, 15) is 8.42 Å². The van der Waals surface area contributed by atoms with Crippen LogP contribution in [-0.4, -0.2) is 23.5 Å². The van der Waals surface area contributed by atoms with E-state index in [0.717, 1.165) is 9.98 Å². The van der Waals surface area contributed by atoms with Gasteiger partial charge in [-0.15, -0.1) is 0 Å². The van der Waals surface area contributed by atoms with Gasteiger partial charge in [-0.05, 0) is 30.3 Å². The molecule has 3 aromatic rings. The van der Waals surface area contributed by atoms with Crippen LogP contribution in [0.15, 0.2) is 87.7 Å². The fourth-order valence-electron chi connectivity index (χ4n) is 2.81. The number of pyridine rings is 1. The molecule has 1 aliphatic heterocycles. The third-order valence-electron chi connectivity index (χ3n) is 4.03. The van der Waals surface area contributed by atoms with Crippen molar-refractivity contribution in [3.05, 3.63) is 84.6 Å². The van der Waals surface area contributed by atoms with Gasteiger partial charge >= 0.3 is 0 Å². The van der Waals surface area contributed by atoms with Crippen LogP contribution in [0, 0.1) is 0 Å². The van der Waals surface area contributed by atoms with Crippen molar-refractivity contribution in [2.75, 3.05) is 0 Å². The maximum atomic E-state index is 13.1. The Bertz CT molecular complexity index is 985. The Morgan fingerprint density at radius 2 is 1.88 bits per heavy atom. The average molecular weight is 353 g/mol. The predicted molar refractivity (Wildman–Crippen MR) is 92.3 cm³/mol. The minimum atomic E-state index is -3.79. The molecule has 0 radical (unpaired) electrons. The van der Waals surface area contributed by atoms with Crippen LogP contribution in [0.2, 0.25) is 0 Å². The first-order valence-electron chi connectivity index (χ1n) is 7.77. The molecule has 126 valence electrons. The van der Waals surface area contributed by atoms with Gasteiger partial charge in [-0.25, -0.2) is 0 Å². The zero-order chi connectivity index (χ0) is 17.3. The summed E-state index contributed by atoms with van der Waals surface area (Å²) in [5.74, 6) is 0.558. The number of nitrogens with zero attached hydrogens (tertiary/aromatic N) is 3. The van der Waals surface area contributed by atoms with Gasteiger partial charge in [0.2, 0.25) is 0 Å². The minimum Gasteiger partial charge on any atom is -0.467 e. The van der Waals surface area contributed by atoms with Gasteiger partial charge in [0.1, 0.15) is 11.8 Å². The first-order valence-corrected chi connectivity index (χ1v) is 9.21. The first kappa shape index (κ1) is 15.6. The van der Waals surface area contributed by atoms with Crippen molar-refractivity contribution in [2.24, 2.45) is 5.10 Å². The van der Waals surface area contributed by atoms with Crippen LogP contribution in [-0.2, 0) is 10.0 Å². The molecule has 3 heterocycles. The van der Waals surface area contributed by atoms with Crippen molar-refractivity contribution in [3.63, 3.8) is 0 Å². The van der Waals surface area contributed by atoms with Gasteiger partial charge in [-0.1, -0.05) is 24.3 Å². The molecule has 0 amide bonds. The average Bonchev–Trinajstić information content (AvgIpc) is 3.33. The lowest BCUT2D eigenvalue weighted by Crippen LogP contribution is -2.27. The molecule has 1 aromatic carbocycles. The molecule has 0 spiro atoms. The summed E-state index contributed by atoms with van der Waals surface area (Å²) in [6.07, 6.45) is 5.30. The second kappa shape index (κ2) is 6.18. The summed E-state index contributed by atoms with van der Waals surface area (Å²) in [6.45, 7) is 0. The lowest BCUT2D eigenvalue weighted by molar-refractivity contribution is 0.320. The highest BCUT2D eigenvalue weighted by molar-refractivity contribution is 7.89. The van der Waals surface area contributed by atoms with E-state index in [4.69, 9.17) is 4.42 Å². The van der Waals surface area contributed by atoms with Crippen LogP contribution in [0.5, 0.6) is 0 Å². The first-order chi connectivity index (χ1) is 12.2. The number of hydrazone groups is 1. The van der Waals surface area contributed by atoms with Crippen molar-refractivity contribution in [1.82, 2.24) is 9.40 Å². The van der Waals surface area contributed by atoms with Crippen LogP contribution in [0.1, 0.15) is 23.8 Å². The fraction of sp³-hybridized carbons (Fsp3) is 0.111. The molecule has 25 heavy (non-hydrogen) atoms. The Labute approximate surface area is 145 Å². The second-order valence-corrected chi connectivity index (χ2v) is 7.41. The smallest absolute Gasteiger partial charge is 0.279 e. The minimum absolute atomic E-state index is 0.197. The number of hydrogen-bond acceptors (Lipinski definition) is 5. The molecule has 1 atom stereocenters. The molecule has 0 aliphatic carbocycles. The van der Waals surface area contributed by atoms with E-state index in [2.05, 4.69) is 10.1 Å². The second-order valence-electron chi connectivity index (χ2n) is 5.61. The maximum Gasteiger partial charge on any atom is 0.279 e. The van der Waals surface area contributed by atoms with E-state index in [-0.39, 0.29) is 4.90 Å². The van der Waals surface area contributed by atoms with Crippen LogP contribution in [0.3, 0.4) is 0 Å². The summed E-state index contributed by atoms with van der Waals surface area (Å²) in [6, 6.07) is 14.9. The maximum absolute atomic E-state index is 13.1. The summed E-state index contributed by atoms with van der Waals surface area (Å²) in [7, 11) is -3.79. The molecule has 0 N–H and O–H groups in total. The number of benzene rings is 1. The number of sulfonamides is 1. The highest BCUT2D eigenvalue weighted by atomic mass is 32.2. The van der Waals surface area contributed by atoms with Gasteiger partial charge < -0.3 is 4.42 Å². The summed E-state index contributed by atoms with van der Waals surface area (Å²) in [4.78, 5) is 4.29. The molecule has 1 aliphatic rings. The van der Waals surface area contributed by atoms with E-state index in [1.165, 1.54) is 6.26 Å². The molecule has 0 saturated heterocycles. The predicted octanol–water partition coefficient (Wildman–Crippen LogP) is 3.21. The molecule has 6 nitrogen and oxygen atoms in total. The highest BCUT2D eigenvalue weighted by Gasteiger charge is 2.39. The molecule has 2 aromatic heterocycles. The zero-order valence-electron chi connectivity index (χ0n) is 13.2. The quantitative estimate of drug-likeness (QED) is 0.722. The number of furan rings is 1. The Morgan fingerprint density at radius 1 is 1.04 bits per heavy atom. The number of aromatic nitrogens is 1. The van der Waals surface area contributed by atoms with Crippen molar-refractivity contribution in [1.29, 1.82) is 0 Å². The Hall–Kier alpha value is -2.93. The molecule has 7 heteroatoms. The van der Waals surface area contributed by atoms with Gasteiger partial charge in [0.15, 0.2) is 0 Å². The van der Waals surface area contributed by atoms with Crippen LogP contribution < -0.4 is 0 Å². The third-order valence-corrected chi connectivity index (χ3v) is 5.72. The van der Waals surface area contributed by atoms with Gasteiger partial charge in [0, 0.05) is 24.4 Å². The van der Waals surface area contributed by atoms with Crippen LogP contribution >= 0.6 is 0 Å². The number of hydrogen-bond donors (Lipinski definition) is 0. The summed E-state index contributed by atoms with van der Waals surface area (Å²) in [5, 5.41) is 4.41. The van der Waals surface area contributed by atoms with Crippen molar-refractivity contribution >= 4 is 15.7 Å². The Balaban J connectivity index is 1.80. The van der Waals surface area contributed by atoms with Gasteiger partial charge in [-0.3, -0.25) is 4.98 Å². The molecule has 4 rings (SSSR count). The summed E-state index contributed by atoms with van der Waals surface area (Å²) < 4.78 is 32.8. The summed E-state index contributed by atoms with van der Waals surface area (Å²) >= 11 is 0. The Kier molecular flexibility index (Phi) is 3.85. The number of rotatable bonds is 4. The van der Waals surface area contributed by atoms with E-state index in [0.29, 0.717) is 17.9 Å². The molecule has 0 saturated carbocycles. The molecule has 1 unspecified atom stereocenters. The standard InChI is InChI=1S/C18H15N3O3S/c22-25(23,15-7-2-1-3-8-15)21-17(18-9-5-11-24-18)12-16(20-21)14-6-4-10-19-13-14/h1-11,13,17H,12H2. The van der Waals surface area contributed by atoms with Gasteiger partial charge in [-0.2, -0.15) is 17.9 Å². The van der Waals surface area contributed by atoms with E-state index in [1.807, 2.05) is 6.07 Å². The van der Waals surface area contributed by atoms with Gasteiger partial charge in [0.25, 0.3) is 10.0 Å². The summed E-state index contributed by atoms with van der Waals surface area (Å²) in [5.41, 5.74) is 1.46. The van der Waals surface area contributed by atoms with E-state index in [1.54, 1.807) is 60.9 Å². The van der Waals surface area contributed by atoms with E-state index >= 15 is 0 Å². The lowest BCUT2D eigenvalue weighted by Gasteiger charge is -2.21. The van der Waals surface area contributed by atoms with Crippen LogP contribution in [0.4, 0.5) is 0 Å². The third kappa shape index (κ3) is 2.83. The largest absolute Gasteiger partial charge is 0.467 e. The van der Waals surface area contributed by atoms with Crippen molar-refractivity contribution < 1.29 is 12.8 Å². The molecule has 0 bridgehead atoms.